The highest BCUT2D eigenvalue weighted by Crippen LogP contribution is 2.18. The third-order valence-electron chi connectivity index (χ3n) is 4.25. The van der Waals surface area contributed by atoms with E-state index in [1.807, 2.05) is 0 Å². The third-order valence-corrected chi connectivity index (χ3v) is 4.25. The van der Waals surface area contributed by atoms with E-state index in [9.17, 15) is 4.79 Å². The van der Waals surface area contributed by atoms with E-state index < -0.39 is 0 Å². The number of carbonyl (C=O) groups is 1. The zero-order valence-electron chi connectivity index (χ0n) is 13.7. The third kappa shape index (κ3) is 6.23. The number of amides is 1. The summed E-state index contributed by atoms with van der Waals surface area (Å²) in [5.41, 5.74) is 5.75. The lowest BCUT2D eigenvalue weighted by Crippen LogP contribution is -2.34. The average Bonchev–Trinajstić information content (AvgIpc) is 2.84. The highest BCUT2D eigenvalue weighted by atomic mass is 16.1. The lowest BCUT2D eigenvalue weighted by Gasteiger charge is -2.20. The van der Waals surface area contributed by atoms with Crippen molar-refractivity contribution in [1.29, 1.82) is 0 Å². The second-order valence-corrected chi connectivity index (χ2v) is 6.98. The van der Waals surface area contributed by atoms with E-state index in [1.165, 1.54) is 6.42 Å². The molecule has 0 radical (unpaired) electrons. The SMILES string of the molecule is CC(C)C[C@H](CN)CC(=O)NCC1CCN(C(C)C)C1. The number of nitrogens with two attached hydrogens (primary N) is 1. The van der Waals surface area contributed by atoms with Crippen molar-refractivity contribution in [1.82, 2.24) is 10.2 Å². The van der Waals surface area contributed by atoms with Gasteiger partial charge in [0.15, 0.2) is 0 Å². The van der Waals surface area contributed by atoms with Gasteiger partial charge in [-0.15, -0.1) is 0 Å². The van der Waals surface area contributed by atoms with E-state index >= 15 is 0 Å². The average molecular weight is 283 g/mol. The van der Waals surface area contributed by atoms with Gasteiger partial charge in [-0.1, -0.05) is 13.8 Å². The Labute approximate surface area is 124 Å². The van der Waals surface area contributed by atoms with Gasteiger partial charge in [0.1, 0.15) is 0 Å². The van der Waals surface area contributed by atoms with Crippen LogP contribution in [0.1, 0.15) is 47.0 Å². The molecule has 1 saturated heterocycles. The Morgan fingerprint density at radius 2 is 2.05 bits per heavy atom. The van der Waals surface area contributed by atoms with Crippen LogP contribution in [0.3, 0.4) is 0 Å². The van der Waals surface area contributed by atoms with Crippen molar-refractivity contribution in [2.75, 3.05) is 26.2 Å². The van der Waals surface area contributed by atoms with Gasteiger partial charge in [-0.3, -0.25) is 4.79 Å². The molecule has 1 heterocycles. The number of nitrogens with zero attached hydrogens (tertiary/aromatic N) is 1. The molecule has 0 bridgehead atoms. The first-order chi connectivity index (χ1) is 9.42. The van der Waals surface area contributed by atoms with Crippen molar-refractivity contribution in [3.05, 3.63) is 0 Å². The molecule has 118 valence electrons. The van der Waals surface area contributed by atoms with Gasteiger partial charge in [0.05, 0.1) is 0 Å². The normalized spacial score (nSPS) is 21.6. The molecule has 0 aliphatic carbocycles. The van der Waals surface area contributed by atoms with Crippen LogP contribution in [0.15, 0.2) is 0 Å². The first-order valence-electron chi connectivity index (χ1n) is 8.13. The van der Waals surface area contributed by atoms with Crippen molar-refractivity contribution in [3.63, 3.8) is 0 Å². The van der Waals surface area contributed by atoms with Crippen molar-refractivity contribution in [2.45, 2.75) is 53.0 Å². The Balaban J connectivity index is 2.23. The van der Waals surface area contributed by atoms with Gasteiger partial charge in [-0.25, -0.2) is 0 Å². The maximum Gasteiger partial charge on any atom is 0.220 e. The fourth-order valence-electron chi connectivity index (χ4n) is 3.02. The summed E-state index contributed by atoms with van der Waals surface area (Å²) < 4.78 is 0. The zero-order valence-corrected chi connectivity index (χ0v) is 13.7. The molecular formula is C16H33N3O. The summed E-state index contributed by atoms with van der Waals surface area (Å²) in [6.45, 7) is 12.5. The van der Waals surface area contributed by atoms with Crippen LogP contribution in [0.4, 0.5) is 0 Å². The van der Waals surface area contributed by atoms with Crippen LogP contribution in [0.25, 0.3) is 0 Å². The minimum atomic E-state index is 0.170. The lowest BCUT2D eigenvalue weighted by molar-refractivity contribution is -0.122. The molecule has 1 fully saturated rings. The monoisotopic (exact) mass is 283 g/mol. The Bertz CT molecular complexity index is 291. The number of hydrogen-bond donors (Lipinski definition) is 2. The van der Waals surface area contributed by atoms with Gasteiger partial charge >= 0.3 is 0 Å². The van der Waals surface area contributed by atoms with Crippen molar-refractivity contribution >= 4 is 5.91 Å². The first-order valence-corrected chi connectivity index (χ1v) is 8.13. The van der Waals surface area contributed by atoms with Gasteiger partial charge in [0, 0.05) is 25.6 Å². The quantitative estimate of drug-likeness (QED) is 0.714. The Kier molecular flexibility index (Phi) is 7.52. The number of likely N-dealkylation sites (tertiary alicyclic amines) is 1. The minimum Gasteiger partial charge on any atom is -0.356 e. The van der Waals surface area contributed by atoms with E-state index in [-0.39, 0.29) is 5.91 Å². The van der Waals surface area contributed by atoms with Crippen LogP contribution < -0.4 is 11.1 Å². The van der Waals surface area contributed by atoms with Gasteiger partial charge in [-0.05, 0) is 57.5 Å². The fourth-order valence-corrected chi connectivity index (χ4v) is 3.02. The summed E-state index contributed by atoms with van der Waals surface area (Å²) in [7, 11) is 0. The molecule has 0 spiro atoms. The zero-order chi connectivity index (χ0) is 15.1. The van der Waals surface area contributed by atoms with Gasteiger partial charge < -0.3 is 16.0 Å². The Hall–Kier alpha value is -0.610. The van der Waals surface area contributed by atoms with Crippen LogP contribution in [-0.4, -0.2) is 43.0 Å². The molecule has 0 saturated carbocycles. The molecule has 1 aliphatic rings. The van der Waals surface area contributed by atoms with E-state index in [1.54, 1.807) is 0 Å². The van der Waals surface area contributed by atoms with Crippen LogP contribution in [0, 0.1) is 17.8 Å². The summed E-state index contributed by atoms with van der Waals surface area (Å²) in [6.07, 6.45) is 2.81. The van der Waals surface area contributed by atoms with Crippen LogP contribution >= 0.6 is 0 Å². The molecule has 4 heteroatoms. The summed E-state index contributed by atoms with van der Waals surface area (Å²) in [5, 5.41) is 3.10. The molecule has 1 unspecified atom stereocenters. The molecule has 20 heavy (non-hydrogen) atoms. The minimum absolute atomic E-state index is 0.170. The van der Waals surface area contributed by atoms with Gasteiger partial charge in [0.2, 0.25) is 5.91 Å². The van der Waals surface area contributed by atoms with Crippen molar-refractivity contribution in [2.24, 2.45) is 23.5 Å². The molecule has 1 amide bonds. The van der Waals surface area contributed by atoms with Crippen molar-refractivity contribution in [3.8, 4) is 0 Å². The molecular weight excluding hydrogens is 250 g/mol. The smallest absolute Gasteiger partial charge is 0.220 e. The van der Waals surface area contributed by atoms with Gasteiger partial charge in [-0.2, -0.15) is 0 Å². The molecule has 2 atom stereocenters. The number of rotatable bonds is 8. The van der Waals surface area contributed by atoms with Crippen LogP contribution in [0.5, 0.6) is 0 Å². The molecule has 0 aromatic heterocycles. The topological polar surface area (TPSA) is 58.4 Å². The summed E-state index contributed by atoms with van der Waals surface area (Å²) in [6, 6.07) is 0.614. The summed E-state index contributed by atoms with van der Waals surface area (Å²) in [4.78, 5) is 14.5. The molecule has 3 N–H and O–H groups in total. The lowest BCUT2D eigenvalue weighted by atomic mass is 9.94. The maximum absolute atomic E-state index is 12.0. The predicted molar refractivity (Wildman–Crippen MR) is 84.4 cm³/mol. The van der Waals surface area contributed by atoms with Crippen molar-refractivity contribution < 1.29 is 4.79 Å². The summed E-state index contributed by atoms with van der Waals surface area (Å²) in [5.74, 6) is 1.71. The van der Waals surface area contributed by atoms with Crippen LogP contribution in [-0.2, 0) is 4.79 Å². The summed E-state index contributed by atoms with van der Waals surface area (Å²) >= 11 is 0. The van der Waals surface area contributed by atoms with Gasteiger partial charge in [0.25, 0.3) is 0 Å². The molecule has 1 rings (SSSR count). The highest BCUT2D eigenvalue weighted by molar-refractivity contribution is 5.76. The first kappa shape index (κ1) is 17.4. The van der Waals surface area contributed by atoms with E-state index in [4.69, 9.17) is 5.73 Å². The number of nitrogens with one attached hydrogen (secondary N) is 1. The maximum atomic E-state index is 12.0. The molecule has 0 aromatic carbocycles. The highest BCUT2D eigenvalue weighted by Gasteiger charge is 2.24. The van der Waals surface area contributed by atoms with E-state index in [0.717, 1.165) is 26.1 Å². The second kappa shape index (κ2) is 8.63. The standard InChI is InChI=1S/C16H33N3O/c1-12(2)7-15(9-17)8-16(20)18-10-14-5-6-19(11-14)13(3)4/h12-15H,5-11,17H2,1-4H3,(H,18,20)/t14?,15-/m0/s1. The van der Waals surface area contributed by atoms with E-state index in [2.05, 4.69) is 37.9 Å². The number of carbonyl (C=O) groups excluding carboxylic acids is 1. The largest absolute Gasteiger partial charge is 0.356 e. The number of hydrogen-bond acceptors (Lipinski definition) is 3. The predicted octanol–water partition coefficient (Wildman–Crippen LogP) is 1.84. The molecule has 1 aliphatic heterocycles. The Morgan fingerprint density at radius 1 is 1.35 bits per heavy atom. The molecule has 4 nitrogen and oxygen atoms in total. The Morgan fingerprint density at radius 3 is 2.55 bits per heavy atom. The fraction of sp³-hybridized carbons (Fsp3) is 0.938. The van der Waals surface area contributed by atoms with Crippen LogP contribution in [0.2, 0.25) is 0 Å². The second-order valence-electron chi connectivity index (χ2n) is 6.98. The molecule has 0 aromatic rings. The van der Waals surface area contributed by atoms with E-state index in [0.29, 0.717) is 36.8 Å².